The molecule has 0 saturated carbocycles. The summed E-state index contributed by atoms with van der Waals surface area (Å²) in [5, 5.41) is 4.95. The molecule has 0 amide bonds. The first-order valence-corrected chi connectivity index (χ1v) is 12.1. The Morgan fingerprint density at radius 1 is 0.500 bits per heavy atom. The third-order valence-corrected chi connectivity index (χ3v) is 6.75. The number of nitrogens with zero attached hydrogens (tertiary/aromatic N) is 4. The summed E-state index contributed by atoms with van der Waals surface area (Å²) in [5.74, 6) is 1.11. The minimum atomic E-state index is 0.176. The maximum atomic E-state index is 6.34. The first kappa shape index (κ1) is 20.8. The smallest absolute Gasteiger partial charge is 0.226 e. The molecule has 0 aliphatic rings. The van der Waals surface area contributed by atoms with Crippen molar-refractivity contribution < 1.29 is 0 Å². The van der Waals surface area contributed by atoms with Gasteiger partial charge in [0.2, 0.25) is 5.28 Å². The average molecular weight is 483 g/mol. The number of hydrogen-bond donors (Lipinski definition) is 0. The van der Waals surface area contributed by atoms with E-state index in [1.807, 2.05) is 30.3 Å². The molecule has 0 atom stereocenters. The molecule has 5 aromatic carbocycles. The second-order valence-corrected chi connectivity index (χ2v) is 9.07. The Morgan fingerprint density at radius 2 is 1.06 bits per heavy atom. The van der Waals surface area contributed by atoms with E-state index in [4.69, 9.17) is 16.6 Å². The molecule has 0 saturated heterocycles. The number of halogens is 1. The van der Waals surface area contributed by atoms with Gasteiger partial charge in [0, 0.05) is 27.6 Å². The highest BCUT2D eigenvalue weighted by atomic mass is 35.5. The molecule has 4 nitrogen and oxygen atoms in total. The van der Waals surface area contributed by atoms with E-state index in [9.17, 15) is 0 Å². The van der Waals surface area contributed by atoms with Crippen LogP contribution < -0.4 is 0 Å². The van der Waals surface area contributed by atoms with Gasteiger partial charge in [0.25, 0.3) is 0 Å². The van der Waals surface area contributed by atoms with Crippen LogP contribution in [0.5, 0.6) is 0 Å². The molecule has 0 fully saturated rings. The number of fused-ring (bicyclic) bond motifs is 4. The van der Waals surface area contributed by atoms with Crippen LogP contribution in [0.4, 0.5) is 0 Å². The predicted octanol–water partition coefficient (Wildman–Crippen LogP) is 8.11. The Hall–Kier alpha value is -4.54. The highest BCUT2D eigenvalue weighted by Crippen LogP contribution is 2.32. The summed E-state index contributed by atoms with van der Waals surface area (Å²) in [7, 11) is 0. The lowest BCUT2D eigenvalue weighted by Gasteiger charge is -2.09. The zero-order valence-corrected chi connectivity index (χ0v) is 19.9. The van der Waals surface area contributed by atoms with Gasteiger partial charge in [0.15, 0.2) is 11.6 Å². The van der Waals surface area contributed by atoms with E-state index in [0.717, 1.165) is 22.2 Å². The normalized spacial score (nSPS) is 11.5. The Balaban J connectivity index is 1.31. The molecule has 0 radical (unpaired) electrons. The van der Waals surface area contributed by atoms with Gasteiger partial charge >= 0.3 is 0 Å². The molecular weight excluding hydrogens is 464 g/mol. The molecule has 0 unspecified atom stereocenters. The monoisotopic (exact) mass is 482 g/mol. The summed E-state index contributed by atoms with van der Waals surface area (Å²) in [4.78, 5) is 13.6. The van der Waals surface area contributed by atoms with Crippen molar-refractivity contribution in [2.24, 2.45) is 0 Å². The Kier molecular flexibility index (Phi) is 4.79. The first-order valence-electron chi connectivity index (χ1n) is 11.7. The molecule has 170 valence electrons. The van der Waals surface area contributed by atoms with Crippen molar-refractivity contribution in [1.29, 1.82) is 0 Å². The summed E-state index contributed by atoms with van der Waals surface area (Å²) in [6, 6.07) is 39.6. The Labute approximate surface area is 212 Å². The van der Waals surface area contributed by atoms with Crippen molar-refractivity contribution in [3.63, 3.8) is 0 Å². The van der Waals surface area contributed by atoms with Crippen molar-refractivity contribution in [2.45, 2.75) is 0 Å². The second-order valence-electron chi connectivity index (χ2n) is 8.73. The van der Waals surface area contributed by atoms with E-state index in [1.165, 1.54) is 27.2 Å². The molecule has 0 aliphatic carbocycles. The largest absolute Gasteiger partial charge is 0.309 e. The lowest BCUT2D eigenvalue weighted by atomic mass is 10.1. The quantitative estimate of drug-likeness (QED) is 0.255. The maximum Gasteiger partial charge on any atom is 0.226 e. The molecule has 0 aliphatic heterocycles. The number of rotatable bonds is 3. The lowest BCUT2D eigenvalue weighted by Crippen LogP contribution is -1.98. The molecule has 2 aromatic heterocycles. The van der Waals surface area contributed by atoms with Crippen LogP contribution in [-0.2, 0) is 0 Å². The fraction of sp³-hybridized carbons (Fsp3) is 0. The number of hydrogen-bond acceptors (Lipinski definition) is 3. The van der Waals surface area contributed by atoms with Crippen molar-refractivity contribution in [1.82, 2.24) is 19.5 Å². The standard InChI is InChI=1S/C31H19ClN4/c32-31-34-29(33-30(35-31)23-14-13-20-7-1-2-8-22(20)19-23)21-15-17-24(18-16-21)36-27-11-5-3-9-25(27)26-10-4-6-12-28(26)36/h1-19H. The maximum absolute atomic E-state index is 6.34. The minimum absolute atomic E-state index is 0.176. The zero-order chi connectivity index (χ0) is 24.1. The summed E-state index contributed by atoms with van der Waals surface area (Å²) in [6.45, 7) is 0. The van der Waals surface area contributed by atoms with E-state index in [2.05, 4.69) is 99.5 Å². The summed E-state index contributed by atoms with van der Waals surface area (Å²) in [6.07, 6.45) is 0. The van der Waals surface area contributed by atoms with Gasteiger partial charge in [0.1, 0.15) is 0 Å². The van der Waals surface area contributed by atoms with E-state index < -0.39 is 0 Å². The van der Waals surface area contributed by atoms with Gasteiger partial charge in [-0.1, -0.05) is 72.8 Å². The minimum Gasteiger partial charge on any atom is -0.309 e. The second kappa shape index (κ2) is 8.29. The summed E-state index contributed by atoms with van der Waals surface area (Å²) < 4.78 is 2.29. The van der Waals surface area contributed by atoms with Crippen LogP contribution in [0, 0.1) is 0 Å². The molecule has 36 heavy (non-hydrogen) atoms. The number of aromatic nitrogens is 4. The van der Waals surface area contributed by atoms with Crippen LogP contribution in [0.3, 0.4) is 0 Å². The third kappa shape index (κ3) is 3.43. The average Bonchev–Trinajstić information content (AvgIpc) is 3.27. The first-order chi connectivity index (χ1) is 17.7. The van der Waals surface area contributed by atoms with Crippen LogP contribution in [-0.4, -0.2) is 19.5 Å². The molecule has 0 spiro atoms. The van der Waals surface area contributed by atoms with E-state index in [1.54, 1.807) is 0 Å². The van der Waals surface area contributed by atoms with Crippen LogP contribution in [0.15, 0.2) is 115 Å². The van der Waals surface area contributed by atoms with Crippen molar-refractivity contribution in [3.8, 4) is 28.5 Å². The van der Waals surface area contributed by atoms with Gasteiger partial charge in [-0.05, 0) is 64.8 Å². The number of para-hydroxylation sites is 2. The van der Waals surface area contributed by atoms with Crippen LogP contribution in [0.25, 0.3) is 61.0 Å². The van der Waals surface area contributed by atoms with Crippen LogP contribution in [0.1, 0.15) is 0 Å². The highest BCUT2D eigenvalue weighted by molar-refractivity contribution is 6.28. The molecule has 2 heterocycles. The number of benzene rings is 5. The van der Waals surface area contributed by atoms with E-state index >= 15 is 0 Å². The SMILES string of the molecule is Clc1nc(-c2ccc(-n3c4ccccc4c4ccccc43)cc2)nc(-c2ccc3ccccc3c2)n1. The van der Waals surface area contributed by atoms with Gasteiger partial charge in [-0.2, -0.15) is 9.97 Å². The highest BCUT2D eigenvalue weighted by Gasteiger charge is 2.13. The van der Waals surface area contributed by atoms with Gasteiger partial charge < -0.3 is 4.57 Å². The zero-order valence-electron chi connectivity index (χ0n) is 19.1. The van der Waals surface area contributed by atoms with Gasteiger partial charge in [-0.15, -0.1) is 0 Å². The van der Waals surface area contributed by atoms with Gasteiger partial charge in [-0.3, -0.25) is 0 Å². The van der Waals surface area contributed by atoms with E-state index in [-0.39, 0.29) is 5.28 Å². The molecular formula is C31H19ClN4. The van der Waals surface area contributed by atoms with Gasteiger partial charge in [-0.25, -0.2) is 4.98 Å². The van der Waals surface area contributed by atoms with Crippen LogP contribution in [0.2, 0.25) is 5.28 Å². The lowest BCUT2D eigenvalue weighted by molar-refractivity contribution is 1.07. The molecule has 7 aromatic rings. The summed E-state index contributed by atoms with van der Waals surface area (Å²) >= 11 is 6.34. The fourth-order valence-corrected chi connectivity index (χ4v) is 5.06. The summed E-state index contributed by atoms with van der Waals surface area (Å²) in [5.41, 5.74) is 5.21. The Bertz CT molecular complexity index is 1850. The van der Waals surface area contributed by atoms with Crippen molar-refractivity contribution >= 4 is 44.2 Å². The predicted molar refractivity (Wildman–Crippen MR) is 148 cm³/mol. The molecule has 0 bridgehead atoms. The molecule has 0 N–H and O–H groups in total. The molecule has 7 rings (SSSR count). The van der Waals surface area contributed by atoms with E-state index in [0.29, 0.717) is 11.6 Å². The topological polar surface area (TPSA) is 43.6 Å². The van der Waals surface area contributed by atoms with Crippen molar-refractivity contribution in [2.75, 3.05) is 0 Å². The van der Waals surface area contributed by atoms with Crippen molar-refractivity contribution in [3.05, 3.63) is 121 Å². The fourth-order valence-electron chi connectivity index (χ4n) is 4.90. The van der Waals surface area contributed by atoms with Gasteiger partial charge in [0.05, 0.1) is 11.0 Å². The third-order valence-electron chi connectivity index (χ3n) is 6.58. The Morgan fingerprint density at radius 3 is 1.75 bits per heavy atom. The molecule has 5 heteroatoms. The van der Waals surface area contributed by atoms with Crippen LogP contribution >= 0.6 is 11.6 Å².